The van der Waals surface area contributed by atoms with Crippen LogP contribution in [0.5, 0.6) is 0 Å². The minimum absolute atomic E-state index is 0.191. The Morgan fingerprint density at radius 3 is 2.69 bits per heavy atom. The molecule has 1 aliphatic rings. The molecule has 0 radical (unpaired) electrons. The summed E-state index contributed by atoms with van der Waals surface area (Å²) in [6.45, 7) is 11.9. The highest BCUT2D eigenvalue weighted by Gasteiger charge is 2.29. The van der Waals surface area contributed by atoms with E-state index in [9.17, 15) is 4.79 Å². The summed E-state index contributed by atoms with van der Waals surface area (Å²) in [6.07, 6.45) is 0.705. The minimum Gasteiger partial charge on any atom is -0.380 e. The van der Waals surface area contributed by atoms with Gasteiger partial charge in [0.25, 0.3) is 0 Å². The Morgan fingerprint density at radius 1 is 1.50 bits per heavy atom. The summed E-state index contributed by atoms with van der Waals surface area (Å²) in [4.78, 5) is 13.9. The first-order chi connectivity index (χ1) is 7.56. The zero-order chi connectivity index (χ0) is 12.1. The Labute approximate surface area is 99.1 Å². The van der Waals surface area contributed by atoms with E-state index in [0.29, 0.717) is 24.2 Å². The maximum atomic E-state index is 11.5. The largest absolute Gasteiger partial charge is 0.380 e. The van der Waals surface area contributed by atoms with Crippen molar-refractivity contribution in [3.05, 3.63) is 0 Å². The molecule has 1 fully saturated rings. The first-order valence-corrected chi connectivity index (χ1v) is 6.40. The van der Waals surface area contributed by atoms with E-state index >= 15 is 0 Å². The Balaban J connectivity index is 2.54. The van der Waals surface area contributed by atoms with Gasteiger partial charge in [-0.05, 0) is 12.8 Å². The average Bonchev–Trinajstić information content (AvgIpc) is 2.23. The van der Waals surface area contributed by atoms with Crippen molar-refractivity contribution in [3.63, 3.8) is 0 Å². The predicted octanol–water partition coefficient (Wildman–Crippen LogP) is 1.96. The van der Waals surface area contributed by atoms with Crippen molar-refractivity contribution in [2.24, 2.45) is 11.8 Å². The van der Waals surface area contributed by atoms with E-state index in [1.807, 2.05) is 13.8 Å². The van der Waals surface area contributed by atoms with Crippen LogP contribution in [0.25, 0.3) is 0 Å². The second-order valence-corrected chi connectivity index (χ2v) is 5.08. The van der Waals surface area contributed by atoms with Crippen molar-refractivity contribution in [3.8, 4) is 0 Å². The third kappa shape index (κ3) is 3.56. The molecule has 0 bridgehead atoms. The second-order valence-electron chi connectivity index (χ2n) is 5.08. The number of Topliss-reactive ketones (excluding diaryl/α,β-unsaturated/α-hetero) is 1. The molecule has 2 unspecified atom stereocenters. The van der Waals surface area contributed by atoms with Gasteiger partial charge in [0.15, 0.2) is 0 Å². The molecule has 3 nitrogen and oxygen atoms in total. The van der Waals surface area contributed by atoms with Crippen LogP contribution in [-0.2, 0) is 9.53 Å². The van der Waals surface area contributed by atoms with Gasteiger partial charge in [0.1, 0.15) is 5.78 Å². The van der Waals surface area contributed by atoms with Crippen LogP contribution in [0, 0.1) is 11.8 Å². The summed E-state index contributed by atoms with van der Waals surface area (Å²) in [6, 6.07) is 0.454. The van der Waals surface area contributed by atoms with Gasteiger partial charge in [0.05, 0.1) is 6.61 Å². The number of carbonyl (C=O) groups is 1. The monoisotopic (exact) mass is 227 g/mol. The molecule has 3 heteroatoms. The standard InChI is InChI=1S/C13H25NO2/c1-5-16-9-12(10(2)3)14-7-6-13(15)11(4)8-14/h10-12H,5-9H2,1-4H3. The summed E-state index contributed by atoms with van der Waals surface area (Å²) in [5.41, 5.74) is 0. The van der Waals surface area contributed by atoms with E-state index in [-0.39, 0.29) is 5.92 Å². The number of nitrogens with zero attached hydrogens (tertiary/aromatic N) is 1. The topological polar surface area (TPSA) is 29.5 Å². The molecular weight excluding hydrogens is 202 g/mol. The van der Waals surface area contributed by atoms with E-state index in [4.69, 9.17) is 4.74 Å². The minimum atomic E-state index is 0.191. The fourth-order valence-electron chi connectivity index (χ4n) is 2.30. The van der Waals surface area contributed by atoms with Crippen LogP contribution < -0.4 is 0 Å². The third-order valence-electron chi connectivity index (χ3n) is 3.43. The number of likely N-dealkylation sites (tertiary alicyclic amines) is 1. The molecule has 1 heterocycles. The van der Waals surface area contributed by atoms with Gasteiger partial charge in [-0.25, -0.2) is 0 Å². The highest BCUT2D eigenvalue weighted by Crippen LogP contribution is 2.19. The summed E-state index contributed by atoms with van der Waals surface area (Å²) >= 11 is 0. The molecule has 0 amide bonds. The zero-order valence-corrected chi connectivity index (χ0v) is 11.0. The van der Waals surface area contributed by atoms with Crippen LogP contribution in [0.4, 0.5) is 0 Å². The molecule has 0 aromatic carbocycles. The van der Waals surface area contributed by atoms with Gasteiger partial charge in [-0.1, -0.05) is 20.8 Å². The van der Waals surface area contributed by atoms with Crippen LogP contribution in [0.2, 0.25) is 0 Å². The summed E-state index contributed by atoms with van der Waals surface area (Å²) < 4.78 is 5.55. The average molecular weight is 227 g/mol. The molecule has 2 atom stereocenters. The Hall–Kier alpha value is -0.410. The van der Waals surface area contributed by atoms with Crippen molar-refractivity contribution in [2.75, 3.05) is 26.3 Å². The van der Waals surface area contributed by atoms with Gasteiger partial charge < -0.3 is 4.74 Å². The molecule has 16 heavy (non-hydrogen) atoms. The molecule has 94 valence electrons. The normalized spacial score (nSPS) is 25.1. The lowest BCUT2D eigenvalue weighted by molar-refractivity contribution is -0.127. The van der Waals surface area contributed by atoms with Gasteiger partial charge in [0, 0.05) is 38.1 Å². The highest BCUT2D eigenvalue weighted by molar-refractivity contribution is 5.81. The van der Waals surface area contributed by atoms with Crippen molar-refractivity contribution in [1.29, 1.82) is 0 Å². The lowest BCUT2D eigenvalue weighted by Crippen LogP contribution is -2.49. The third-order valence-corrected chi connectivity index (χ3v) is 3.43. The fraction of sp³-hybridized carbons (Fsp3) is 0.923. The Morgan fingerprint density at radius 2 is 2.19 bits per heavy atom. The number of ketones is 1. The number of hydrogen-bond donors (Lipinski definition) is 0. The molecule has 1 saturated heterocycles. The number of piperidine rings is 1. The quantitative estimate of drug-likeness (QED) is 0.719. The number of ether oxygens (including phenoxy) is 1. The Kier molecular flexibility index (Phi) is 5.42. The van der Waals surface area contributed by atoms with Gasteiger partial charge in [-0.15, -0.1) is 0 Å². The van der Waals surface area contributed by atoms with Crippen molar-refractivity contribution in [2.45, 2.75) is 40.2 Å². The lowest BCUT2D eigenvalue weighted by atomic mass is 9.94. The zero-order valence-electron chi connectivity index (χ0n) is 11.0. The van der Waals surface area contributed by atoms with Crippen molar-refractivity contribution >= 4 is 5.78 Å². The SMILES string of the molecule is CCOCC(C(C)C)N1CCC(=O)C(C)C1. The molecular formula is C13H25NO2. The van der Waals surface area contributed by atoms with E-state index in [0.717, 1.165) is 26.3 Å². The summed E-state index contributed by atoms with van der Waals surface area (Å²) in [5.74, 6) is 1.18. The van der Waals surface area contributed by atoms with Gasteiger partial charge in [-0.3, -0.25) is 9.69 Å². The Bertz CT molecular complexity index is 228. The fourth-order valence-corrected chi connectivity index (χ4v) is 2.30. The van der Waals surface area contributed by atoms with Gasteiger partial charge in [-0.2, -0.15) is 0 Å². The van der Waals surface area contributed by atoms with Crippen LogP contribution in [0.15, 0.2) is 0 Å². The number of carbonyl (C=O) groups excluding carboxylic acids is 1. The molecule has 0 aromatic heterocycles. The van der Waals surface area contributed by atoms with Crippen LogP contribution in [0.1, 0.15) is 34.1 Å². The molecule has 0 spiro atoms. The number of rotatable bonds is 5. The summed E-state index contributed by atoms with van der Waals surface area (Å²) in [7, 11) is 0. The highest BCUT2D eigenvalue weighted by atomic mass is 16.5. The lowest BCUT2D eigenvalue weighted by Gasteiger charge is -2.38. The molecule has 0 aliphatic carbocycles. The van der Waals surface area contributed by atoms with Gasteiger partial charge in [0.2, 0.25) is 0 Å². The molecule has 0 aromatic rings. The van der Waals surface area contributed by atoms with Crippen molar-refractivity contribution in [1.82, 2.24) is 4.90 Å². The van der Waals surface area contributed by atoms with Crippen LogP contribution in [0.3, 0.4) is 0 Å². The summed E-state index contributed by atoms with van der Waals surface area (Å²) in [5, 5.41) is 0. The molecule has 1 aliphatic heterocycles. The van der Waals surface area contributed by atoms with Crippen molar-refractivity contribution < 1.29 is 9.53 Å². The first kappa shape index (κ1) is 13.7. The predicted molar refractivity (Wildman–Crippen MR) is 65.5 cm³/mol. The smallest absolute Gasteiger partial charge is 0.138 e. The van der Waals surface area contributed by atoms with E-state index in [2.05, 4.69) is 18.7 Å². The van der Waals surface area contributed by atoms with E-state index < -0.39 is 0 Å². The number of hydrogen-bond acceptors (Lipinski definition) is 3. The van der Waals surface area contributed by atoms with E-state index in [1.54, 1.807) is 0 Å². The van der Waals surface area contributed by atoms with Gasteiger partial charge >= 0.3 is 0 Å². The molecule has 1 rings (SSSR count). The second kappa shape index (κ2) is 6.36. The first-order valence-electron chi connectivity index (χ1n) is 6.40. The van der Waals surface area contributed by atoms with Crippen LogP contribution >= 0.6 is 0 Å². The maximum absolute atomic E-state index is 11.5. The molecule has 0 saturated carbocycles. The maximum Gasteiger partial charge on any atom is 0.138 e. The van der Waals surface area contributed by atoms with Crippen LogP contribution in [-0.4, -0.2) is 43.0 Å². The molecule has 0 N–H and O–H groups in total. The van der Waals surface area contributed by atoms with E-state index in [1.165, 1.54) is 0 Å².